The van der Waals surface area contributed by atoms with Crippen LogP contribution in [-0.4, -0.2) is 29.7 Å². The number of hydrogen-bond donors (Lipinski definition) is 0. The van der Waals surface area contributed by atoms with E-state index in [4.69, 9.17) is 0 Å². The van der Waals surface area contributed by atoms with Crippen molar-refractivity contribution >= 4 is 17.4 Å². The third-order valence-corrected chi connectivity index (χ3v) is 3.50. The van der Waals surface area contributed by atoms with Crippen LogP contribution in [0.25, 0.3) is 0 Å². The second kappa shape index (κ2) is 6.65. The summed E-state index contributed by atoms with van der Waals surface area (Å²) in [5.74, 6) is 0.706. The summed E-state index contributed by atoms with van der Waals surface area (Å²) in [4.78, 5) is 6.57. The molecular formula is C14H18N2S. The summed E-state index contributed by atoms with van der Waals surface area (Å²) in [5, 5.41) is 2.46. The first kappa shape index (κ1) is 12.4. The van der Waals surface area contributed by atoms with Gasteiger partial charge in [0.25, 0.3) is 0 Å². The fraction of sp³-hybridized carbons (Fsp3) is 0.500. The lowest BCUT2D eigenvalue weighted by Crippen LogP contribution is -2.34. The minimum Gasteiger partial charge on any atom is -0.299 e. The maximum atomic E-state index is 4.60. The van der Waals surface area contributed by atoms with Gasteiger partial charge in [-0.15, -0.1) is 0 Å². The van der Waals surface area contributed by atoms with E-state index in [0.717, 1.165) is 13.1 Å². The third-order valence-electron chi connectivity index (χ3n) is 3.37. The molecule has 0 saturated carbocycles. The number of likely N-dealkylation sites (tertiary alicyclic amines) is 1. The van der Waals surface area contributed by atoms with E-state index in [1.165, 1.54) is 31.5 Å². The van der Waals surface area contributed by atoms with Crippen LogP contribution in [0.5, 0.6) is 0 Å². The number of thiocarbonyl (C=S) groups is 1. The van der Waals surface area contributed by atoms with E-state index in [2.05, 4.69) is 57.6 Å². The van der Waals surface area contributed by atoms with E-state index in [0.29, 0.717) is 5.92 Å². The summed E-state index contributed by atoms with van der Waals surface area (Å²) in [6, 6.07) is 10.7. The lowest BCUT2D eigenvalue weighted by molar-refractivity contribution is 0.181. The monoisotopic (exact) mass is 246 g/mol. The molecule has 2 rings (SSSR count). The summed E-state index contributed by atoms with van der Waals surface area (Å²) in [6.07, 6.45) is 2.46. The molecule has 1 aliphatic heterocycles. The molecule has 1 aliphatic rings. The molecule has 90 valence electrons. The van der Waals surface area contributed by atoms with Gasteiger partial charge in [0.05, 0.1) is 11.7 Å². The highest BCUT2D eigenvalue weighted by Crippen LogP contribution is 2.19. The lowest BCUT2D eigenvalue weighted by Gasteiger charge is -2.31. The number of piperidine rings is 1. The van der Waals surface area contributed by atoms with E-state index < -0.39 is 0 Å². The van der Waals surface area contributed by atoms with Crippen LogP contribution in [0.4, 0.5) is 0 Å². The van der Waals surface area contributed by atoms with Crippen molar-refractivity contribution in [3.8, 4) is 0 Å². The first-order valence-electron chi connectivity index (χ1n) is 6.18. The van der Waals surface area contributed by atoms with E-state index >= 15 is 0 Å². The molecule has 0 radical (unpaired) electrons. The minimum atomic E-state index is 0.706. The molecule has 1 aromatic rings. The van der Waals surface area contributed by atoms with Crippen LogP contribution < -0.4 is 0 Å². The molecule has 1 fully saturated rings. The average molecular weight is 246 g/mol. The van der Waals surface area contributed by atoms with Crippen LogP contribution in [0.3, 0.4) is 0 Å². The summed E-state index contributed by atoms with van der Waals surface area (Å²) < 4.78 is 0. The van der Waals surface area contributed by atoms with Gasteiger partial charge in [-0.2, -0.15) is 0 Å². The fourth-order valence-electron chi connectivity index (χ4n) is 2.34. The van der Waals surface area contributed by atoms with Gasteiger partial charge in [-0.25, -0.2) is 4.99 Å². The van der Waals surface area contributed by atoms with Crippen molar-refractivity contribution in [3.05, 3.63) is 35.9 Å². The summed E-state index contributed by atoms with van der Waals surface area (Å²) in [6.45, 7) is 4.28. The van der Waals surface area contributed by atoms with Gasteiger partial charge in [0, 0.05) is 6.54 Å². The average Bonchev–Trinajstić information content (AvgIpc) is 2.39. The van der Waals surface area contributed by atoms with Gasteiger partial charge < -0.3 is 0 Å². The topological polar surface area (TPSA) is 15.6 Å². The Morgan fingerprint density at radius 2 is 1.94 bits per heavy atom. The summed E-state index contributed by atoms with van der Waals surface area (Å²) in [7, 11) is 0. The molecule has 1 saturated heterocycles. The van der Waals surface area contributed by atoms with Crippen LogP contribution in [-0.2, 0) is 6.54 Å². The maximum absolute atomic E-state index is 4.60. The molecule has 1 heterocycles. The number of benzene rings is 1. The van der Waals surface area contributed by atoms with Crippen molar-refractivity contribution in [3.63, 3.8) is 0 Å². The van der Waals surface area contributed by atoms with Gasteiger partial charge in [-0.3, -0.25) is 4.90 Å². The first-order chi connectivity index (χ1) is 8.38. The molecule has 0 bridgehead atoms. The Morgan fingerprint density at radius 3 is 2.59 bits per heavy atom. The number of isothiocyanates is 1. The molecule has 0 N–H and O–H groups in total. The maximum Gasteiger partial charge on any atom is 0.0585 e. The van der Waals surface area contributed by atoms with Crippen LogP contribution in [0.15, 0.2) is 35.3 Å². The second-order valence-corrected chi connectivity index (χ2v) is 4.82. The third kappa shape index (κ3) is 4.04. The molecule has 0 amide bonds. The van der Waals surface area contributed by atoms with Crippen LogP contribution in [0.2, 0.25) is 0 Å². The zero-order valence-electron chi connectivity index (χ0n) is 10.0. The molecule has 0 spiro atoms. The molecule has 0 unspecified atom stereocenters. The Kier molecular flexibility index (Phi) is 4.87. The predicted molar refractivity (Wildman–Crippen MR) is 74.3 cm³/mol. The Hall–Kier alpha value is -1.02. The van der Waals surface area contributed by atoms with Crippen molar-refractivity contribution in [2.45, 2.75) is 19.4 Å². The Labute approximate surface area is 108 Å². The summed E-state index contributed by atoms with van der Waals surface area (Å²) >= 11 is 4.60. The number of rotatable bonds is 4. The highest BCUT2D eigenvalue weighted by atomic mass is 32.1. The smallest absolute Gasteiger partial charge is 0.0585 e. The zero-order valence-corrected chi connectivity index (χ0v) is 10.8. The molecule has 3 heteroatoms. The van der Waals surface area contributed by atoms with Gasteiger partial charge in [-0.1, -0.05) is 30.3 Å². The largest absolute Gasteiger partial charge is 0.299 e. The van der Waals surface area contributed by atoms with Gasteiger partial charge in [0.15, 0.2) is 0 Å². The van der Waals surface area contributed by atoms with E-state index in [1.807, 2.05) is 0 Å². The standard InChI is InChI=1S/C14H18N2S/c17-12-15-10-13-6-8-16(9-7-13)11-14-4-2-1-3-5-14/h1-5,13H,6-11H2. The van der Waals surface area contributed by atoms with Crippen LogP contribution in [0, 0.1) is 5.92 Å². The van der Waals surface area contributed by atoms with E-state index in [1.54, 1.807) is 0 Å². The molecule has 1 aromatic carbocycles. The van der Waals surface area contributed by atoms with E-state index in [-0.39, 0.29) is 0 Å². The molecule has 0 aliphatic carbocycles. The van der Waals surface area contributed by atoms with Gasteiger partial charge in [0.1, 0.15) is 0 Å². The number of hydrogen-bond acceptors (Lipinski definition) is 3. The number of nitrogens with zero attached hydrogens (tertiary/aromatic N) is 2. The number of aliphatic imine (C=N–C) groups is 1. The Balaban J connectivity index is 1.77. The normalized spacial score (nSPS) is 17.6. The molecule has 17 heavy (non-hydrogen) atoms. The molecular weight excluding hydrogens is 228 g/mol. The van der Waals surface area contributed by atoms with E-state index in [9.17, 15) is 0 Å². The summed E-state index contributed by atoms with van der Waals surface area (Å²) in [5.41, 5.74) is 1.41. The van der Waals surface area contributed by atoms with Crippen molar-refractivity contribution < 1.29 is 0 Å². The molecule has 0 atom stereocenters. The SMILES string of the molecule is S=C=NCC1CCN(Cc2ccccc2)CC1. The Morgan fingerprint density at radius 1 is 1.24 bits per heavy atom. The zero-order chi connectivity index (χ0) is 11.9. The quantitative estimate of drug-likeness (QED) is 0.599. The Bertz CT molecular complexity index is 376. The van der Waals surface area contributed by atoms with Crippen LogP contribution >= 0.6 is 12.2 Å². The van der Waals surface area contributed by atoms with Crippen molar-refractivity contribution in [2.75, 3.05) is 19.6 Å². The van der Waals surface area contributed by atoms with Gasteiger partial charge >= 0.3 is 0 Å². The van der Waals surface area contributed by atoms with Crippen LogP contribution in [0.1, 0.15) is 18.4 Å². The molecule has 2 nitrogen and oxygen atoms in total. The first-order valence-corrected chi connectivity index (χ1v) is 6.59. The second-order valence-electron chi connectivity index (χ2n) is 4.64. The fourth-order valence-corrected chi connectivity index (χ4v) is 2.41. The lowest BCUT2D eigenvalue weighted by atomic mass is 9.97. The van der Waals surface area contributed by atoms with Gasteiger partial charge in [-0.05, 0) is 49.6 Å². The van der Waals surface area contributed by atoms with Crippen molar-refractivity contribution in [2.24, 2.45) is 10.9 Å². The highest BCUT2D eigenvalue weighted by Gasteiger charge is 2.18. The highest BCUT2D eigenvalue weighted by molar-refractivity contribution is 7.78. The predicted octanol–water partition coefficient (Wildman–Crippen LogP) is 3.00. The molecule has 0 aromatic heterocycles. The van der Waals surface area contributed by atoms with Crippen molar-refractivity contribution in [1.29, 1.82) is 0 Å². The minimum absolute atomic E-state index is 0.706. The van der Waals surface area contributed by atoms with Gasteiger partial charge in [0.2, 0.25) is 0 Å². The van der Waals surface area contributed by atoms with Crippen molar-refractivity contribution in [1.82, 2.24) is 4.90 Å².